The first kappa shape index (κ1) is 10.2. The maximum atomic E-state index is 8.78. The van der Waals surface area contributed by atoms with Crippen molar-refractivity contribution in [2.45, 2.75) is 0 Å². The standard InChI is InChI=1S/C12H10N2O2/c1-15-10-5-8-3-4-9(7-13)14-12(8)11(6-10)16-2/h3-6H,1-2H3. The van der Waals surface area contributed by atoms with Crippen molar-refractivity contribution in [2.24, 2.45) is 0 Å². The summed E-state index contributed by atoms with van der Waals surface area (Å²) in [6.07, 6.45) is 0. The molecule has 0 N–H and O–H groups in total. The van der Waals surface area contributed by atoms with Gasteiger partial charge in [0.05, 0.1) is 14.2 Å². The first-order valence-electron chi connectivity index (χ1n) is 4.71. The highest BCUT2D eigenvalue weighted by Gasteiger charge is 2.07. The lowest BCUT2D eigenvalue weighted by molar-refractivity contribution is 0.397. The third-order valence-corrected chi connectivity index (χ3v) is 2.30. The molecule has 0 aliphatic heterocycles. The third kappa shape index (κ3) is 1.63. The average Bonchev–Trinajstić information content (AvgIpc) is 2.36. The molecule has 1 heterocycles. The van der Waals surface area contributed by atoms with E-state index >= 15 is 0 Å². The molecule has 0 unspecified atom stereocenters. The van der Waals surface area contributed by atoms with Crippen molar-refractivity contribution in [3.8, 4) is 17.6 Å². The molecule has 0 aliphatic carbocycles. The molecular formula is C12H10N2O2. The Morgan fingerprint density at radius 2 is 2.00 bits per heavy atom. The number of benzene rings is 1. The molecule has 16 heavy (non-hydrogen) atoms. The Kier molecular flexibility index (Phi) is 2.61. The molecule has 0 saturated carbocycles. The van der Waals surface area contributed by atoms with Crippen molar-refractivity contribution in [1.29, 1.82) is 5.26 Å². The van der Waals surface area contributed by atoms with Crippen molar-refractivity contribution in [2.75, 3.05) is 14.2 Å². The Morgan fingerprint density at radius 3 is 2.62 bits per heavy atom. The van der Waals surface area contributed by atoms with Gasteiger partial charge in [0, 0.05) is 11.5 Å². The molecule has 0 amide bonds. The van der Waals surface area contributed by atoms with E-state index in [0.717, 1.165) is 5.39 Å². The molecule has 0 fully saturated rings. The van der Waals surface area contributed by atoms with Crippen LogP contribution in [0.4, 0.5) is 0 Å². The van der Waals surface area contributed by atoms with E-state index < -0.39 is 0 Å². The molecule has 0 bridgehead atoms. The van der Waals surface area contributed by atoms with Crippen LogP contribution in [0.2, 0.25) is 0 Å². The van der Waals surface area contributed by atoms with E-state index in [4.69, 9.17) is 14.7 Å². The predicted molar refractivity (Wildman–Crippen MR) is 59.6 cm³/mol. The van der Waals surface area contributed by atoms with Crippen molar-refractivity contribution in [1.82, 2.24) is 4.98 Å². The molecule has 1 aromatic carbocycles. The second-order valence-corrected chi connectivity index (χ2v) is 3.21. The minimum atomic E-state index is 0.371. The van der Waals surface area contributed by atoms with Crippen LogP contribution in [0.1, 0.15) is 5.69 Å². The zero-order chi connectivity index (χ0) is 11.5. The normalized spacial score (nSPS) is 9.81. The fourth-order valence-electron chi connectivity index (χ4n) is 1.51. The molecule has 2 aromatic rings. The Balaban J connectivity index is 2.75. The summed E-state index contributed by atoms with van der Waals surface area (Å²) in [4.78, 5) is 4.20. The van der Waals surface area contributed by atoms with E-state index in [9.17, 15) is 0 Å². The van der Waals surface area contributed by atoms with Crippen LogP contribution < -0.4 is 9.47 Å². The number of fused-ring (bicyclic) bond motifs is 1. The summed E-state index contributed by atoms with van der Waals surface area (Å²) in [6, 6.07) is 9.09. The largest absolute Gasteiger partial charge is 0.497 e. The van der Waals surface area contributed by atoms with Gasteiger partial charge in [-0.15, -0.1) is 0 Å². The zero-order valence-electron chi connectivity index (χ0n) is 9.02. The van der Waals surface area contributed by atoms with Gasteiger partial charge in [0.25, 0.3) is 0 Å². The highest BCUT2D eigenvalue weighted by molar-refractivity contribution is 5.86. The Morgan fingerprint density at radius 1 is 1.19 bits per heavy atom. The van der Waals surface area contributed by atoms with Crippen LogP contribution in [0.25, 0.3) is 10.9 Å². The topological polar surface area (TPSA) is 55.1 Å². The Bertz CT molecular complexity index is 573. The molecule has 0 saturated heterocycles. The molecule has 0 spiro atoms. The molecule has 1 aromatic heterocycles. The van der Waals surface area contributed by atoms with Crippen molar-refractivity contribution in [3.63, 3.8) is 0 Å². The molecule has 4 heteroatoms. The number of hydrogen-bond donors (Lipinski definition) is 0. The molecule has 0 aliphatic rings. The van der Waals surface area contributed by atoms with Gasteiger partial charge < -0.3 is 9.47 Å². The minimum Gasteiger partial charge on any atom is -0.497 e. The van der Waals surface area contributed by atoms with Crippen LogP contribution in [0, 0.1) is 11.3 Å². The van der Waals surface area contributed by atoms with Gasteiger partial charge in [0.15, 0.2) is 0 Å². The summed E-state index contributed by atoms with van der Waals surface area (Å²) in [5.41, 5.74) is 1.04. The lowest BCUT2D eigenvalue weighted by atomic mass is 10.2. The van der Waals surface area contributed by atoms with E-state index in [0.29, 0.717) is 22.7 Å². The van der Waals surface area contributed by atoms with Gasteiger partial charge in [-0.05, 0) is 18.2 Å². The van der Waals surface area contributed by atoms with Crippen molar-refractivity contribution >= 4 is 10.9 Å². The number of hydrogen-bond acceptors (Lipinski definition) is 4. The monoisotopic (exact) mass is 214 g/mol. The lowest BCUT2D eigenvalue weighted by Gasteiger charge is -2.07. The van der Waals surface area contributed by atoms with Crippen LogP contribution in [0.3, 0.4) is 0 Å². The number of aromatic nitrogens is 1. The van der Waals surface area contributed by atoms with Gasteiger partial charge in [-0.25, -0.2) is 4.98 Å². The molecule has 0 atom stereocenters. The summed E-state index contributed by atoms with van der Waals surface area (Å²) in [7, 11) is 3.16. The summed E-state index contributed by atoms with van der Waals surface area (Å²) >= 11 is 0. The number of methoxy groups -OCH3 is 2. The highest BCUT2D eigenvalue weighted by Crippen LogP contribution is 2.29. The minimum absolute atomic E-state index is 0.371. The summed E-state index contributed by atoms with van der Waals surface area (Å²) < 4.78 is 10.4. The van der Waals surface area contributed by atoms with Gasteiger partial charge >= 0.3 is 0 Å². The number of nitriles is 1. The lowest BCUT2D eigenvalue weighted by Crippen LogP contribution is -1.92. The third-order valence-electron chi connectivity index (χ3n) is 2.30. The Hall–Kier alpha value is -2.28. The van der Waals surface area contributed by atoms with E-state index in [1.165, 1.54) is 0 Å². The van der Waals surface area contributed by atoms with Crippen molar-refractivity contribution < 1.29 is 9.47 Å². The second-order valence-electron chi connectivity index (χ2n) is 3.21. The van der Waals surface area contributed by atoms with Gasteiger partial charge in [0.1, 0.15) is 28.8 Å². The fourth-order valence-corrected chi connectivity index (χ4v) is 1.51. The number of pyridine rings is 1. The molecular weight excluding hydrogens is 204 g/mol. The van der Waals surface area contributed by atoms with Crippen molar-refractivity contribution in [3.05, 3.63) is 30.0 Å². The zero-order valence-corrected chi connectivity index (χ0v) is 9.02. The van der Waals surface area contributed by atoms with E-state index in [2.05, 4.69) is 4.98 Å². The molecule has 80 valence electrons. The molecule has 0 radical (unpaired) electrons. The van der Waals surface area contributed by atoms with Crippen LogP contribution in [-0.2, 0) is 0 Å². The van der Waals surface area contributed by atoms with E-state index in [1.54, 1.807) is 26.4 Å². The van der Waals surface area contributed by atoms with Crippen LogP contribution in [-0.4, -0.2) is 19.2 Å². The van der Waals surface area contributed by atoms with Gasteiger partial charge in [-0.3, -0.25) is 0 Å². The number of rotatable bonds is 2. The highest BCUT2D eigenvalue weighted by atomic mass is 16.5. The summed E-state index contributed by atoms with van der Waals surface area (Å²) in [5.74, 6) is 1.31. The maximum absolute atomic E-state index is 8.78. The van der Waals surface area contributed by atoms with Gasteiger partial charge in [-0.2, -0.15) is 5.26 Å². The first-order valence-corrected chi connectivity index (χ1v) is 4.71. The SMILES string of the molecule is COc1cc(OC)c2nc(C#N)ccc2c1. The number of nitrogens with zero attached hydrogens (tertiary/aromatic N) is 2. The average molecular weight is 214 g/mol. The maximum Gasteiger partial charge on any atom is 0.148 e. The van der Waals surface area contributed by atoms with E-state index in [1.807, 2.05) is 18.2 Å². The fraction of sp³-hybridized carbons (Fsp3) is 0.167. The molecule has 2 rings (SSSR count). The Labute approximate surface area is 93.0 Å². The summed E-state index contributed by atoms with van der Waals surface area (Å²) in [6.45, 7) is 0. The van der Waals surface area contributed by atoms with E-state index in [-0.39, 0.29) is 0 Å². The second kappa shape index (κ2) is 4.07. The first-order chi connectivity index (χ1) is 7.78. The van der Waals surface area contributed by atoms with Crippen LogP contribution >= 0.6 is 0 Å². The van der Waals surface area contributed by atoms with Crippen LogP contribution in [0.15, 0.2) is 24.3 Å². The predicted octanol–water partition coefficient (Wildman–Crippen LogP) is 2.12. The smallest absolute Gasteiger partial charge is 0.148 e. The quantitative estimate of drug-likeness (QED) is 0.768. The summed E-state index contributed by atoms with van der Waals surface area (Å²) in [5, 5.41) is 9.67. The molecule has 4 nitrogen and oxygen atoms in total. The number of ether oxygens (including phenoxy) is 2. The van der Waals surface area contributed by atoms with Crippen LogP contribution in [0.5, 0.6) is 11.5 Å². The van der Waals surface area contributed by atoms with Gasteiger partial charge in [-0.1, -0.05) is 0 Å². The van der Waals surface area contributed by atoms with Gasteiger partial charge in [0.2, 0.25) is 0 Å².